The lowest BCUT2D eigenvalue weighted by Gasteiger charge is -2.51. The number of nitrogens with zero attached hydrogens (tertiary/aromatic N) is 1. The summed E-state index contributed by atoms with van der Waals surface area (Å²) in [7, 11) is 0. The summed E-state index contributed by atoms with van der Waals surface area (Å²) in [6, 6.07) is 8.85. The van der Waals surface area contributed by atoms with E-state index in [0.29, 0.717) is 5.92 Å². The number of hydrogen-bond donors (Lipinski definition) is 1. The van der Waals surface area contributed by atoms with Crippen molar-refractivity contribution >= 4 is 5.69 Å². The second-order valence-corrected chi connectivity index (χ2v) is 6.04. The van der Waals surface area contributed by atoms with Crippen LogP contribution in [0.3, 0.4) is 0 Å². The molecule has 1 aliphatic rings. The highest BCUT2D eigenvalue weighted by molar-refractivity contribution is 5.51. The summed E-state index contributed by atoms with van der Waals surface area (Å²) in [6.07, 6.45) is 5.20. The molecule has 2 N–H and O–H groups in total. The zero-order chi connectivity index (χ0) is 13.9. The van der Waals surface area contributed by atoms with Crippen LogP contribution < -0.4 is 10.6 Å². The molecule has 1 saturated carbocycles. The lowest BCUT2D eigenvalue weighted by molar-refractivity contribution is 0.198. The number of anilines is 1. The van der Waals surface area contributed by atoms with Crippen LogP contribution in [0.2, 0.25) is 0 Å². The lowest BCUT2D eigenvalue weighted by atomic mass is 9.72. The Morgan fingerprint density at radius 1 is 1.37 bits per heavy atom. The third-order valence-corrected chi connectivity index (χ3v) is 4.93. The molecule has 0 spiro atoms. The average molecular weight is 260 g/mol. The topological polar surface area (TPSA) is 29.3 Å². The normalized spacial score (nSPS) is 27.3. The number of nitrogens with two attached hydrogens (primary N) is 1. The van der Waals surface area contributed by atoms with Crippen LogP contribution in [0.5, 0.6) is 0 Å². The van der Waals surface area contributed by atoms with Gasteiger partial charge in [0.2, 0.25) is 0 Å². The first-order valence-electron chi connectivity index (χ1n) is 7.68. The zero-order valence-corrected chi connectivity index (χ0v) is 12.7. The van der Waals surface area contributed by atoms with Gasteiger partial charge in [-0.25, -0.2) is 0 Å². The first-order chi connectivity index (χ1) is 9.14. The van der Waals surface area contributed by atoms with E-state index < -0.39 is 0 Å². The monoisotopic (exact) mass is 260 g/mol. The SMILES string of the molecule is CCN(c1cccc(C)c1)C1(CN)CCCCC1C. The van der Waals surface area contributed by atoms with E-state index in [1.54, 1.807) is 0 Å². The Morgan fingerprint density at radius 3 is 2.74 bits per heavy atom. The van der Waals surface area contributed by atoms with Crippen LogP contribution in [0.1, 0.15) is 45.1 Å². The van der Waals surface area contributed by atoms with E-state index in [-0.39, 0.29) is 5.54 Å². The van der Waals surface area contributed by atoms with Crippen molar-refractivity contribution in [2.75, 3.05) is 18.0 Å². The van der Waals surface area contributed by atoms with Gasteiger partial charge in [0.25, 0.3) is 0 Å². The Balaban J connectivity index is 2.38. The molecule has 1 aromatic rings. The van der Waals surface area contributed by atoms with Gasteiger partial charge in [-0.05, 0) is 50.3 Å². The highest BCUT2D eigenvalue weighted by Gasteiger charge is 2.41. The summed E-state index contributed by atoms with van der Waals surface area (Å²) in [4.78, 5) is 2.56. The fourth-order valence-electron chi connectivity index (χ4n) is 3.76. The molecule has 0 heterocycles. The molecule has 2 unspecified atom stereocenters. The summed E-state index contributed by atoms with van der Waals surface area (Å²) >= 11 is 0. The molecule has 0 bridgehead atoms. The van der Waals surface area contributed by atoms with Gasteiger partial charge in [-0.3, -0.25) is 0 Å². The van der Waals surface area contributed by atoms with Crippen LogP contribution in [0.15, 0.2) is 24.3 Å². The molecule has 1 aromatic carbocycles. The van der Waals surface area contributed by atoms with Gasteiger partial charge in [0.05, 0.1) is 5.54 Å². The van der Waals surface area contributed by atoms with Gasteiger partial charge in [0.1, 0.15) is 0 Å². The van der Waals surface area contributed by atoms with Crippen molar-refractivity contribution in [3.05, 3.63) is 29.8 Å². The minimum Gasteiger partial charge on any atom is -0.365 e. The summed E-state index contributed by atoms with van der Waals surface area (Å²) in [5, 5.41) is 0. The minimum absolute atomic E-state index is 0.154. The quantitative estimate of drug-likeness (QED) is 0.894. The molecule has 106 valence electrons. The van der Waals surface area contributed by atoms with Gasteiger partial charge in [-0.1, -0.05) is 31.9 Å². The van der Waals surface area contributed by atoms with Crippen molar-refractivity contribution in [1.29, 1.82) is 0 Å². The Hall–Kier alpha value is -1.02. The molecule has 0 aromatic heterocycles. The molecular formula is C17H28N2. The summed E-state index contributed by atoms with van der Waals surface area (Å²) < 4.78 is 0. The van der Waals surface area contributed by atoms with E-state index >= 15 is 0 Å². The van der Waals surface area contributed by atoms with Crippen LogP contribution >= 0.6 is 0 Å². The van der Waals surface area contributed by atoms with Crippen molar-refractivity contribution in [3.63, 3.8) is 0 Å². The van der Waals surface area contributed by atoms with E-state index in [0.717, 1.165) is 13.1 Å². The number of rotatable bonds is 4. The van der Waals surface area contributed by atoms with Crippen molar-refractivity contribution in [1.82, 2.24) is 0 Å². The van der Waals surface area contributed by atoms with Crippen molar-refractivity contribution in [2.24, 2.45) is 11.7 Å². The molecular weight excluding hydrogens is 232 g/mol. The largest absolute Gasteiger partial charge is 0.365 e. The standard InChI is InChI=1S/C17H28N2/c1-4-19(16-10-7-8-14(2)12-16)17(13-18)11-6-5-9-15(17)3/h7-8,10,12,15H,4-6,9,11,13,18H2,1-3H3. The third-order valence-electron chi connectivity index (χ3n) is 4.93. The predicted octanol–water partition coefficient (Wildman–Crippen LogP) is 3.73. The van der Waals surface area contributed by atoms with E-state index in [2.05, 4.69) is 49.9 Å². The van der Waals surface area contributed by atoms with Crippen LogP contribution in [-0.2, 0) is 0 Å². The first-order valence-corrected chi connectivity index (χ1v) is 7.68. The summed E-state index contributed by atoms with van der Waals surface area (Å²) in [5.41, 5.74) is 9.05. The fraction of sp³-hybridized carbons (Fsp3) is 0.647. The van der Waals surface area contributed by atoms with E-state index in [1.165, 1.54) is 36.9 Å². The van der Waals surface area contributed by atoms with Crippen molar-refractivity contribution in [3.8, 4) is 0 Å². The molecule has 2 rings (SSSR count). The summed E-state index contributed by atoms with van der Waals surface area (Å²) in [5.74, 6) is 0.673. The number of benzene rings is 1. The molecule has 0 amide bonds. The van der Waals surface area contributed by atoms with Crippen molar-refractivity contribution in [2.45, 2.75) is 52.0 Å². The second kappa shape index (κ2) is 5.96. The molecule has 1 fully saturated rings. The average Bonchev–Trinajstić information content (AvgIpc) is 2.42. The van der Waals surface area contributed by atoms with Crippen LogP contribution in [0, 0.1) is 12.8 Å². The van der Waals surface area contributed by atoms with E-state index in [9.17, 15) is 0 Å². The molecule has 2 atom stereocenters. The second-order valence-electron chi connectivity index (χ2n) is 6.04. The van der Waals surface area contributed by atoms with Gasteiger partial charge in [-0.2, -0.15) is 0 Å². The number of hydrogen-bond acceptors (Lipinski definition) is 2. The van der Waals surface area contributed by atoms with Crippen LogP contribution in [0.25, 0.3) is 0 Å². The maximum absolute atomic E-state index is 6.24. The van der Waals surface area contributed by atoms with Gasteiger partial charge in [0, 0.05) is 18.8 Å². The molecule has 0 radical (unpaired) electrons. The first kappa shape index (κ1) is 14.4. The lowest BCUT2D eigenvalue weighted by Crippen LogP contribution is -2.59. The number of likely N-dealkylation sites (N-methyl/N-ethyl adjacent to an activating group) is 1. The fourth-order valence-corrected chi connectivity index (χ4v) is 3.76. The Morgan fingerprint density at radius 2 is 2.16 bits per heavy atom. The van der Waals surface area contributed by atoms with Gasteiger partial charge in [0.15, 0.2) is 0 Å². The van der Waals surface area contributed by atoms with Crippen LogP contribution in [0.4, 0.5) is 5.69 Å². The highest BCUT2D eigenvalue weighted by atomic mass is 15.2. The van der Waals surface area contributed by atoms with Crippen molar-refractivity contribution < 1.29 is 0 Å². The Bertz CT molecular complexity index is 415. The Labute approximate surface area is 118 Å². The third kappa shape index (κ3) is 2.64. The Kier molecular flexibility index (Phi) is 4.51. The number of aryl methyl sites for hydroxylation is 1. The summed E-state index contributed by atoms with van der Waals surface area (Å²) in [6.45, 7) is 8.59. The van der Waals surface area contributed by atoms with Gasteiger partial charge >= 0.3 is 0 Å². The minimum atomic E-state index is 0.154. The zero-order valence-electron chi connectivity index (χ0n) is 12.7. The van der Waals surface area contributed by atoms with Crippen LogP contribution in [-0.4, -0.2) is 18.6 Å². The molecule has 2 nitrogen and oxygen atoms in total. The highest BCUT2D eigenvalue weighted by Crippen LogP contribution is 2.40. The molecule has 2 heteroatoms. The molecule has 19 heavy (non-hydrogen) atoms. The van der Waals surface area contributed by atoms with Gasteiger partial charge < -0.3 is 10.6 Å². The smallest absolute Gasteiger partial charge is 0.0549 e. The molecule has 0 aliphatic heterocycles. The van der Waals surface area contributed by atoms with E-state index in [1.807, 2.05) is 0 Å². The molecule has 0 saturated heterocycles. The predicted molar refractivity (Wildman–Crippen MR) is 83.6 cm³/mol. The molecule has 1 aliphatic carbocycles. The van der Waals surface area contributed by atoms with Gasteiger partial charge in [-0.15, -0.1) is 0 Å². The maximum Gasteiger partial charge on any atom is 0.0549 e. The van der Waals surface area contributed by atoms with E-state index in [4.69, 9.17) is 5.73 Å². The maximum atomic E-state index is 6.24.